The highest BCUT2D eigenvalue weighted by atomic mass is 35.5. The van der Waals surface area contributed by atoms with Crippen molar-refractivity contribution in [3.8, 4) is 0 Å². The Balaban J connectivity index is 2.54. The van der Waals surface area contributed by atoms with Gasteiger partial charge in [0, 0.05) is 5.54 Å². The lowest BCUT2D eigenvalue weighted by Crippen LogP contribution is -2.51. The molecule has 1 fully saturated rings. The third-order valence-corrected chi connectivity index (χ3v) is 3.96. The number of alkyl halides is 1. The fourth-order valence-corrected chi connectivity index (χ4v) is 2.39. The van der Waals surface area contributed by atoms with Crippen molar-refractivity contribution in [3.05, 3.63) is 0 Å². The maximum absolute atomic E-state index is 11.0. The minimum Gasteiger partial charge on any atom is -0.211 e. The number of halogens is 1. The van der Waals surface area contributed by atoms with E-state index in [-0.39, 0.29) is 10.8 Å². The summed E-state index contributed by atoms with van der Waals surface area (Å²) in [7, 11) is -3.22. The van der Waals surface area contributed by atoms with Crippen LogP contribution in [-0.4, -0.2) is 19.2 Å². The molecule has 0 saturated heterocycles. The minimum absolute atomic E-state index is 0.215. The molecular formula is C6H12ClNO2S. The SMILES string of the molecule is CC1(NS(=O)(=O)CCl)CCC1. The minimum atomic E-state index is -3.22. The standard InChI is InChI=1S/C6H12ClNO2S/c1-6(3-2-4-6)8-11(9,10)5-7/h8H,2-5H2,1H3. The van der Waals surface area contributed by atoms with Crippen LogP contribution in [0.25, 0.3) is 0 Å². The highest BCUT2D eigenvalue weighted by Gasteiger charge is 2.35. The van der Waals surface area contributed by atoms with Crippen molar-refractivity contribution < 1.29 is 8.42 Å². The molecule has 0 unspecified atom stereocenters. The molecule has 0 bridgehead atoms. The lowest BCUT2D eigenvalue weighted by Gasteiger charge is -2.38. The first-order valence-corrected chi connectivity index (χ1v) is 5.74. The second-order valence-electron chi connectivity index (χ2n) is 3.24. The molecule has 11 heavy (non-hydrogen) atoms. The average molecular weight is 198 g/mol. The van der Waals surface area contributed by atoms with Gasteiger partial charge >= 0.3 is 0 Å². The van der Waals surface area contributed by atoms with Crippen LogP contribution in [0, 0.1) is 0 Å². The molecule has 3 nitrogen and oxygen atoms in total. The molecule has 0 aromatic carbocycles. The van der Waals surface area contributed by atoms with Gasteiger partial charge in [0.05, 0.1) is 0 Å². The van der Waals surface area contributed by atoms with Crippen LogP contribution in [0.3, 0.4) is 0 Å². The number of nitrogens with one attached hydrogen (secondary N) is 1. The monoisotopic (exact) mass is 197 g/mol. The Hall–Kier alpha value is 0.200. The molecule has 1 rings (SSSR count). The van der Waals surface area contributed by atoms with E-state index in [4.69, 9.17) is 11.6 Å². The normalized spacial score (nSPS) is 22.7. The number of hydrogen-bond acceptors (Lipinski definition) is 2. The van der Waals surface area contributed by atoms with Gasteiger partial charge in [0.15, 0.2) is 0 Å². The average Bonchev–Trinajstić information content (AvgIpc) is 1.84. The largest absolute Gasteiger partial charge is 0.226 e. The highest BCUT2D eigenvalue weighted by molar-refractivity contribution is 7.90. The fraction of sp³-hybridized carbons (Fsp3) is 1.00. The van der Waals surface area contributed by atoms with Gasteiger partial charge in [0.2, 0.25) is 10.0 Å². The Bertz CT molecular complexity index is 233. The smallest absolute Gasteiger partial charge is 0.211 e. The van der Waals surface area contributed by atoms with E-state index >= 15 is 0 Å². The summed E-state index contributed by atoms with van der Waals surface area (Å²) in [5.74, 6) is 0. The predicted molar refractivity (Wildman–Crippen MR) is 45.0 cm³/mol. The van der Waals surface area contributed by atoms with Crippen LogP contribution in [-0.2, 0) is 10.0 Å². The zero-order valence-electron chi connectivity index (χ0n) is 6.43. The summed E-state index contributed by atoms with van der Waals surface area (Å²) < 4.78 is 24.5. The molecule has 0 aliphatic heterocycles. The molecule has 0 amide bonds. The Morgan fingerprint density at radius 1 is 1.55 bits per heavy atom. The maximum Gasteiger partial charge on any atom is 0.226 e. The summed E-state index contributed by atoms with van der Waals surface area (Å²) >= 11 is 5.23. The van der Waals surface area contributed by atoms with Gasteiger partial charge in [-0.1, -0.05) is 0 Å². The third kappa shape index (κ3) is 2.32. The van der Waals surface area contributed by atoms with E-state index < -0.39 is 10.0 Å². The molecule has 1 aliphatic carbocycles. The molecule has 0 radical (unpaired) electrons. The van der Waals surface area contributed by atoms with Gasteiger partial charge in [-0.15, -0.1) is 11.6 Å². The Morgan fingerprint density at radius 2 is 2.09 bits per heavy atom. The lowest BCUT2D eigenvalue weighted by molar-refractivity contribution is 0.248. The maximum atomic E-state index is 11.0. The van der Waals surface area contributed by atoms with Crippen molar-refractivity contribution in [1.29, 1.82) is 0 Å². The first-order valence-electron chi connectivity index (χ1n) is 3.55. The van der Waals surface area contributed by atoms with Crippen molar-refractivity contribution >= 4 is 21.6 Å². The topological polar surface area (TPSA) is 46.2 Å². The van der Waals surface area contributed by atoms with Gasteiger partial charge in [-0.3, -0.25) is 0 Å². The highest BCUT2D eigenvalue weighted by Crippen LogP contribution is 2.31. The molecule has 5 heteroatoms. The molecule has 0 heterocycles. The summed E-state index contributed by atoms with van der Waals surface area (Å²) in [6.07, 6.45) is 2.94. The predicted octanol–water partition coefficient (Wildman–Crippen LogP) is 1.04. The zero-order valence-corrected chi connectivity index (χ0v) is 8.00. The van der Waals surface area contributed by atoms with E-state index in [9.17, 15) is 8.42 Å². The van der Waals surface area contributed by atoms with Gasteiger partial charge < -0.3 is 0 Å². The van der Waals surface area contributed by atoms with Gasteiger partial charge in [-0.2, -0.15) is 0 Å². The summed E-state index contributed by atoms with van der Waals surface area (Å²) in [4.78, 5) is 0. The summed E-state index contributed by atoms with van der Waals surface area (Å²) in [5.41, 5.74) is -0.215. The van der Waals surface area contributed by atoms with Crippen molar-refractivity contribution in [3.63, 3.8) is 0 Å². The number of sulfonamides is 1. The number of rotatable bonds is 3. The van der Waals surface area contributed by atoms with Crippen LogP contribution < -0.4 is 4.72 Å². The van der Waals surface area contributed by atoms with Gasteiger partial charge in [-0.25, -0.2) is 13.1 Å². The Morgan fingerprint density at radius 3 is 2.36 bits per heavy atom. The van der Waals surface area contributed by atoms with Crippen molar-refractivity contribution in [1.82, 2.24) is 4.72 Å². The van der Waals surface area contributed by atoms with Crippen LogP contribution in [0.15, 0.2) is 0 Å². The molecule has 0 aromatic rings. The molecular weight excluding hydrogens is 186 g/mol. The fourth-order valence-electron chi connectivity index (χ4n) is 1.21. The molecule has 0 atom stereocenters. The quantitative estimate of drug-likeness (QED) is 0.688. The van der Waals surface area contributed by atoms with Gasteiger partial charge in [0.25, 0.3) is 0 Å². The van der Waals surface area contributed by atoms with Crippen LogP contribution in [0.1, 0.15) is 26.2 Å². The lowest BCUT2D eigenvalue weighted by atomic mass is 9.80. The molecule has 1 aliphatic rings. The van der Waals surface area contributed by atoms with Crippen LogP contribution in [0.4, 0.5) is 0 Å². The molecule has 0 spiro atoms. The van der Waals surface area contributed by atoms with Crippen molar-refractivity contribution in [2.45, 2.75) is 31.7 Å². The number of hydrogen-bond donors (Lipinski definition) is 1. The van der Waals surface area contributed by atoms with E-state index in [2.05, 4.69) is 4.72 Å². The van der Waals surface area contributed by atoms with E-state index in [1.54, 1.807) is 0 Å². The summed E-state index contributed by atoms with van der Waals surface area (Å²) in [6, 6.07) is 0. The second-order valence-corrected chi connectivity index (χ2v) is 5.55. The van der Waals surface area contributed by atoms with Crippen molar-refractivity contribution in [2.75, 3.05) is 5.21 Å². The zero-order chi connectivity index (χ0) is 8.54. The molecule has 1 saturated carbocycles. The van der Waals surface area contributed by atoms with Crippen LogP contribution >= 0.6 is 11.6 Å². The first kappa shape index (κ1) is 9.29. The third-order valence-electron chi connectivity index (χ3n) is 2.00. The first-order chi connectivity index (χ1) is 4.97. The molecule has 0 aromatic heterocycles. The van der Waals surface area contributed by atoms with Gasteiger partial charge in [-0.05, 0) is 26.2 Å². The molecule has 66 valence electrons. The van der Waals surface area contributed by atoms with E-state index in [0.29, 0.717) is 0 Å². The Labute approximate surface area is 72.2 Å². The molecule has 1 N–H and O–H groups in total. The van der Waals surface area contributed by atoms with E-state index in [1.165, 1.54) is 0 Å². The van der Waals surface area contributed by atoms with Gasteiger partial charge in [0.1, 0.15) is 5.21 Å². The summed E-state index contributed by atoms with van der Waals surface area (Å²) in [6.45, 7) is 1.90. The van der Waals surface area contributed by atoms with E-state index in [1.807, 2.05) is 6.92 Å². The Kier molecular flexibility index (Phi) is 2.46. The van der Waals surface area contributed by atoms with Crippen molar-refractivity contribution in [2.24, 2.45) is 0 Å². The van der Waals surface area contributed by atoms with E-state index in [0.717, 1.165) is 19.3 Å². The van der Waals surface area contributed by atoms with Crippen LogP contribution in [0.2, 0.25) is 0 Å². The second kappa shape index (κ2) is 2.92. The summed E-state index contributed by atoms with van der Waals surface area (Å²) in [5, 5.41) is -0.345. The van der Waals surface area contributed by atoms with Crippen LogP contribution in [0.5, 0.6) is 0 Å².